The second-order valence-corrected chi connectivity index (χ2v) is 4.91. The monoisotopic (exact) mass is 271 g/mol. The summed E-state index contributed by atoms with van der Waals surface area (Å²) in [6, 6.07) is 17.6. The van der Waals surface area contributed by atoms with Gasteiger partial charge in [0, 0.05) is 19.6 Å². The van der Waals surface area contributed by atoms with Crippen LogP contribution in [0.15, 0.2) is 54.6 Å². The zero-order valence-corrected chi connectivity index (χ0v) is 11.6. The van der Waals surface area contributed by atoms with Gasteiger partial charge < -0.3 is 10.2 Å². The van der Waals surface area contributed by atoms with E-state index in [0.717, 1.165) is 25.1 Å². The molecule has 0 saturated carbocycles. The highest BCUT2D eigenvalue weighted by molar-refractivity contribution is 5.27. The van der Waals surface area contributed by atoms with Gasteiger partial charge in [-0.05, 0) is 29.7 Å². The third-order valence-electron chi connectivity index (χ3n) is 3.29. The van der Waals surface area contributed by atoms with Gasteiger partial charge in [0.2, 0.25) is 0 Å². The molecule has 2 N–H and O–H groups in total. The lowest BCUT2D eigenvalue weighted by molar-refractivity contribution is 0.191. The van der Waals surface area contributed by atoms with Gasteiger partial charge in [0.15, 0.2) is 0 Å². The highest BCUT2D eigenvalue weighted by Crippen LogP contribution is 2.13. The fourth-order valence-electron chi connectivity index (χ4n) is 2.26. The van der Waals surface area contributed by atoms with Gasteiger partial charge in [-0.25, -0.2) is 0 Å². The average Bonchev–Trinajstić information content (AvgIpc) is 2.46. The van der Waals surface area contributed by atoms with Crippen LogP contribution in [0, 0.1) is 0 Å². The molecule has 0 unspecified atom stereocenters. The number of aliphatic hydroxyl groups excluding tert-OH is 1. The molecule has 0 radical (unpaired) electrons. The number of aromatic hydroxyl groups is 1. The lowest BCUT2D eigenvalue weighted by Gasteiger charge is -2.21. The molecule has 2 aromatic rings. The summed E-state index contributed by atoms with van der Waals surface area (Å²) in [5.74, 6) is 0.287. The van der Waals surface area contributed by atoms with Crippen molar-refractivity contribution in [3.8, 4) is 5.75 Å². The van der Waals surface area contributed by atoms with Crippen LogP contribution in [-0.4, -0.2) is 34.8 Å². The van der Waals surface area contributed by atoms with E-state index in [9.17, 15) is 10.2 Å². The Morgan fingerprint density at radius 1 is 0.850 bits per heavy atom. The van der Waals surface area contributed by atoms with Crippen molar-refractivity contribution in [3.63, 3.8) is 0 Å². The average molecular weight is 271 g/mol. The molecule has 0 aromatic heterocycles. The van der Waals surface area contributed by atoms with E-state index in [4.69, 9.17) is 0 Å². The third-order valence-corrected chi connectivity index (χ3v) is 3.29. The van der Waals surface area contributed by atoms with Crippen LogP contribution < -0.4 is 0 Å². The Balaban J connectivity index is 1.93. The van der Waals surface area contributed by atoms with Crippen molar-refractivity contribution in [3.05, 3.63) is 65.7 Å². The van der Waals surface area contributed by atoms with Crippen LogP contribution >= 0.6 is 0 Å². The van der Waals surface area contributed by atoms with Gasteiger partial charge in [0.05, 0.1) is 6.61 Å². The normalized spacial score (nSPS) is 10.9. The molecule has 0 aliphatic carbocycles. The van der Waals surface area contributed by atoms with Gasteiger partial charge in [0.1, 0.15) is 5.75 Å². The van der Waals surface area contributed by atoms with Crippen LogP contribution in [0.1, 0.15) is 11.1 Å². The van der Waals surface area contributed by atoms with Crippen molar-refractivity contribution in [2.45, 2.75) is 13.0 Å². The minimum Gasteiger partial charge on any atom is -0.508 e. The summed E-state index contributed by atoms with van der Waals surface area (Å²) in [6.07, 6.45) is 0.958. The fraction of sp³-hybridized carbons (Fsp3) is 0.294. The van der Waals surface area contributed by atoms with Crippen molar-refractivity contribution in [1.29, 1.82) is 0 Å². The first-order chi connectivity index (χ1) is 9.78. The van der Waals surface area contributed by atoms with Crippen LogP contribution in [0.3, 0.4) is 0 Å². The van der Waals surface area contributed by atoms with Crippen molar-refractivity contribution >= 4 is 0 Å². The summed E-state index contributed by atoms with van der Waals surface area (Å²) >= 11 is 0. The molecule has 0 spiro atoms. The van der Waals surface area contributed by atoms with E-state index in [1.807, 2.05) is 30.3 Å². The summed E-state index contributed by atoms with van der Waals surface area (Å²) in [5, 5.41) is 18.7. The molecular formula is C17H21NO2. The molecular weight excluding hydrogens is 250 g/mol. The SMILES string of the molecule is OCCN(CCc1ccccc1)Cc1cccc(O)c1. The van der Waals surface area contributed by atoms with E-state index in [1.165, 1.54) is 5.56 Å². The quantitative estimate of drug-likeness (QED) is 0.813. The van der Waals surface area contributed by atoms with Gasteiger partial charge in [-0.1, -0.05) is 42.5 Å². The first-order valence-electron chi connectivity index (χ1n) is 6.93. The zero-order valence-electron chi connectivity index (χ0n) is 11.6. The Hall–Kier alpha value is -1.84. The summed E-state index contributed by atoms with van der Waals surface area (Å²) in [6.45, 7) is 2.41. The Bertz CT molecular complexity index is 513. The van der Waals surface area contributed by atoms with Crippen molar-refractivity contribution in [1.82, 2.24) is 4.90 Å². The van der Waals surface area contributed by atoms with Crippen LogP contribution in [0.25, 0.3) is 0 Å². The molecule has 0 aliphatic rings. The zero-order chi connectivity index (χ0) is 14.2. The van der Waals surface area contributed by atoms with Gasteiger partial charge in [-0.2, -0.15) is 0 Å². The fourth-order valence-corrected chi connectivity index (χ4v) is 2.26. The van der Waals surface area contributed by atoms with Gasteiger partial charge in [0.25, 0.3) is 0 Å². The molecule has 106 valence electrons. The second kappa shape index (κ2) is 7.68. The maximum absolute atomic E-state index is 9.50. The predicted molar refractivity (Wildman–Crippen MR) is 80.6 cm³/mol. The smallest absolute Gasteiger partial charge is 0.115 e. The molecule has 3 heteroatoms. The van der Waals surface area contributed by atoms with Crippen LogP contribution in [0.4, 0.5) is 0 Å². The summed E-state index contributed by atoms with van der Waals surface area (Å²) in [7, 11) is 0. The van der Waals surface area contributed by atoms with E-state index in [2.05, 4.69) is 17.0 Å². The maximum atomic E-state index is 9.50. The highest BCUT2D eigenvalue weighted by atomic mass is 16.3. The van der Waals surface area contributed by atoms with E-state index < -0.39 is 0 Å². The molecule has 0 heterocycles. The lowest BCUT2D eigenvalue weighted by Crippen LogP contribution is -2.28. The van der Waals surface area contributed by atoms with E-state index in [-0.39, 0.29) is 12.4 Å². The third kappa shape index (κ3) is 4.68. The summed E-state index contributed by atoms with van der Waals surface area (Å²) in [4.78, 5) is 2.20. The number of aliphatic hydroxyl groups is 1. The number of rotatable bonds is 7. The largest absolute Gasteiger partial charge is 0.508 e. The standard InChI is InChI=1S/C17H21NO2/c19-12-11-18(10-9-15-5-2-1-3-6-15)14-16-7-4-8-17(20)13-16/h1-8,13,19-20H,9-12,14H2. The minimum atomic E-state index is 0.146. The summed E-state index contributed by atoms with van der Waals surface area (Å²) in [5.41, 5.74) is 2.36. The Morgan fingerprint density at radius 2 is 1.60 bits per heavy atom. The molecule has 2 rings (SSSR count). The number of phenols is 1. The maximum Gasteiger partial charge on any atom is 0.115 e. The van der Waals surface area contributed by atoms with E-state index >= 15 is 0 Å². The minimum absolute atomic E-state index is 0.146. The van der Waals surface area contributed by atoms with Gasteiger partial charge >= 0.3 is 0 Å². The van der Waals surface area contributed by atoms with Crippen molar-refractivity contribution < 1.29 is 10.2 Å². The van der Waals surface area contributed by atoms with Gasteiger partial charge in [-0.15, -0.1) is 0 Å². The van der Waals surface area contributed by atoms with E-state index in [0.29, 0.717) is 6.54 Å². The molecule has 0 saturated heterocycles. The lowest BCUT2D eigenvalue weighted by atomic mass is 10.1. The first-order valence-corrected chi connectivity index (χ1v) is 6.93. The Kier molecular flexibility index (Phi) is 5.59. The molecule has 0 aliphatic heterocycles. The topological polar surface area (TPSA) is 43.7 Å². The number of hydrogen-bond donors (Lipinski definition) is 2. The Labute approximate surface area is 120 Å². The van der Waals surface area contributed by atoms with Crippen LogP contribution in [-0.2, 0) is 13.0 Å². The number of nitrogens with zero attached hydrogens (tertiary/aromatic N) is 1. The number of phenolic OH excluding ortho intramolecular Hbond substituents is 1. The van der Waals surface area contributed by atoms with Crippen LogP contribution in [0.2, 0.25) is 0 Å². The molecule has 0 fully saturated rings. The number of hydrogen-bond acceptors (Lipinski definition) is 3. The molecule has 20 heavy (non-hydrogen) atoms. The van der Waals surface area contributed by atoms with Crippen molar-refractivity contribution in [2.75, 3.05) is 19.7 Å². The second-order valence-electron chi connectivity index (χ2n) is 4.91. The molecule has 0 bridgehead atoms. The number of benzene rings is 2. The first kappa shape index (κ1) is 14.6. The van der Waals surface area contributed by atoms with Gasteiger partial charge in [-0.3, -0.25) is 4.90 Å². The van der Waals surface area contributed by atoms with E-state index in [1.54, 1.807) is 12.1 Å². The molecule has 0 atom stereocenters. The Morgan fingerprint density at radius 3 is 2.30 bits per heavy atom. The molecule has 0 amide bonds. The molecule has 3 nitrogen and oxygen atoms in total. The van der Waals surface area contributed by atoms with Crippen LogP contribution in [0.5, 0.6) is 5.75 Å². The predicted octanol–water partition coefficient (Wildman–Crippen LogP) is 2.43. The highest BCUT2D eigenvalue weighted by Gasteiger charge is 2.06. The summed E-state index contributed by atoms with van der Waals surface area (Å²) < 4.78 is 0. The molecule has 2 aromatic carbocycles. The van der Waals surface area contributed by atoms with Crippen molar-refractivity contribution in [2.24, 2.45) is 0 Å².